The molecule has 428 valence electrons. The van der Waals surface area contributed by atoms with Crippen LogP contribution in [0, 0.1) is 0 Å². The van der Waals surface area contributed by atoms with E-state index in [-0.39, 0.29) is 38.6 Å². The minimum atomic E-state index is -1.52. The summed E-state index contributed by atoms with van der Waals surface area (Å²) in [6, 6.07) is 0. The summed E-state index contributed by atoms with van der Waals surface area (Å²) in [7, 11) is 5.96. The molecule has 0 amide bonds. The second-order valence-electron chi connectivity index (χ2n) is 20.9. The fourth-order valence-corrected chi connectivity index (χ4v) is 7.97. The number of ether oxygens (including phenoxy) is 4. The van der Waals surface area contributed by atoms with Gasteiger partial charge in [-0.25, -0.2) is 4.79 Å². The molecule has 75 heavy (non-hydrogen) atoms. The molecular formula is C66H112NO8+. The first-order chi connectivity index (χ1) is 36.6. The van der Waals surface area contributed by atoms with Gasteiger partial charge in [-0.2, -0.15) is 0 Å². The van der Waals surface area contributed by atoms with E-state index in [0.29, 0.717) is 17.4 Å². The van der Waals surface area contributed by atoms with Crippen LogP contribution in [0.2, 0.25) is 0 Å². The summed E-state index contributed by atoms with van der Waals surface area (Å²) in [6.07, 6.45) is 74.7. The number of carbonyl (C=O) groups is 3. The first kappa shape index (κ1) is 71.0. The highest BCUT2D eigenvalue weighted by Crippen LogP contribution is 2.16. The van der Waals surface area contributed by atoms with Gasteiger partial charge in [-0.05, 0) is 96.3 Å². The largest absolute Gasteiger partial charge is 0.477 e. The minimum absolute atomic E-state index is 0.181. The Labute approximate surface area is 460 Å². The van der Waals surface area contributed by atoms with E-state index in [1.807, 2.05) is 21.1 Å². The van der Waals surface area contributed by atoms with Crippen molar-refractivity contribution in [3.05, 3.63) is 109 Å². The fraction of sp³-hybridized carbons (Fsp3) is 0.682. The number of allylic oxidation sites excluding steroid dienone is 18. The van der Waals surface area contributed by atoms with Gasteiger partial charge in [-0.1, -0.05) is 232 Å². The van der Waals surface area contributed by atoms with E-state index >= 15 is 0 Å². The number of rotatable bonds is 54. The Morgan fingerprint density at radius 2 is 0.720 bits per heavy atom. The lowest BCUT2D eigenvalue weighted by Gasteiger charge is -2.25. The number of carboxylic acids is 1. The van der Waals surface area contributed by atoms with Crippen LogP contribution < -0.4 is 0 Å². The van der Waals surface area contributed by atoms with Crippen molar-refractivity contribution in [2.24, 2.45) is 0 Å². The van der Waals surface area contributed by atoms with E-state index in [4.69, 9.17) is 18.9 Å². The molecule has 2 atom stereocenters. The maximum absolute atomic E-state index is 12.9. The molecule has 1 N–H and O–H groups in total. The first-order valence-corrected chi connectivity index (χ1v) is 30.1. The third-order valence-corrected chi connectivity index (χ3v) is 12.5. The SMILES string of the molecule is CC/C=C\C/C=C\C/C=C\C/C=C\C/C=C\C/C=C\CCCCCCCCCCCCCCCCCCC(=O)OC(COC(=O)CCCCCCC/C=C\C/C=C\C/C=C\CC)COC(OCC[N+](C)(C)C)C(=O)O. The van der Waals surface area contributed by atoms with Crippen LogP contribution >= 0.6 is 0 Å². The Morgan fingerprint density at radius 1 is 0.400 bits per heavy atom. The Bertz CT molecular complexity index is 1590. The zero-order valence-electron chi connectivity index (χ0n) is 48.7. The van der Waals surface area contributed by atoms with E-state index in [9.17, 15) is 19.5 Å². The van der Waals surface area contributed by atoms with Gasteiger partial charge in [0.2, 0.25) is 0 Å². The molecule has 0 heterocycles. The predicted molar refractivity (Wildman–Crippen MR) is 318 cm³/mol. The molecule has 0 rings (SSSR count). The molecule has 9 heteroatoms. The molecular weight excluding hydrogens is 935 g/mol. The fourth-order valence-electron chi connectivity index (χ4n) is 7.97. The van der Waals surface area contributed by atoms with Crippen LogP contribution in [0.4, 0.5) is 0 Å². The number of carbonyl (C=O) groups excluding carboxylic acids is 2. The van der Waals surface area contributed by atoms with E-state index in [1.54, 1.807) is 0 Å². The predicted octanol–water partition coefficient (Wildman–Crippen LogP) is 17.9. The summed E-state index contributed by atoms with van der Waals surface area (Å²) in [5.41, 5.74) is 0. The van der Waals surface area contributed by atoms with E-state index < -0.39 is 24.3 Å². The van der Waals surface area contributed by atoms with Gasteiger partial charge in [-0.15, -0.1) is 0 Å². The summed E-state index contributed by atoms with van der Waals surface area (Å²) in [5.74, 6) is -2.03. The van der Waals surface area contributed by atoms with Crippen molar-refractivity contribution in [1.29, 1.82) is 0 Å². The second kappa shape index (κ2) is 56.2. The van der Waals surface area contributed by atoms with Crippen LogP contribution in [0.25, 0.3) is 0 Å². The van der Waals surface area contributed by atoms with Crippen LogP contribution in [-0.2, 0) is 33.3 Å². The van der Waals surface area contributed by atoms with E-state index in [2.05, 4.69) is 123 Å². The number of likely N-dealkylation sites (N-methyl/N-ethyl adjacent to an activating group) is 1. The monoisotopic (exact) mass is 1050 g/mol. The summed E-state index contributed by atoms with van der Waals surface area (Å²) in [6.45, 7) is 4.63. The van der Waals surface area contributed by atoms with Crippen LogP contribution in [0.3, 0.4) is 0 Å². The standard InChI is InChI=1S/C66H111NO8/c1-6-8-10-12-14-16-18-20-22-23-24-25-26-27-28-29-30-31-32-33-34-35-36-37-38-39-40-41-43-45-47-49-51-53-55-57-64(69)75-62(61-74-66(65(70)71)72-59-58-67(3,4)5)60-73-63(68)56-54-52-50-48-46-44-42-21-19-17-15-13-11-9-7-2/h8-11,14-17,20-22,24-25,27-28,30-31,42,62,66H,6-7,12-13,18-19,23,26,29,32-41,43-61H2,1-5H3/p+1/b10-8-,11-9-,16-14-,17-15-,22-20-,25-24-,28-27-,31-30-,42-21-. The molecule has 0 spiro atoms. The van der Waals surface area contributed by atoms with Crippen LogP contribution in [0.5, 0.6) is 0 Å². The van der Waals surface area contributed by atoms with Crippen molar-refractivity contribution in [1.82, 2.24) is 0 Å². The van der Waals surface area contributed by atoms with Crippen molar-refractivity contribution in [3.63, 3.8) is 0 Å². The summed E-state index contributed by atoms with van der Waals surface area (Å²) < 4.78 is 22.8. The number of esters is 2. The normalized spacial score (nSPS) is 13.6. The third-order valence-electron chi connectivity index (χ3n) is 12.5. The Hall–Kier alpha value is -4.05. The molecule has 2 unspecified atom stereocenters. The molecule has 0 aromatic rings. The molecule has 0 aromatic carbocycles. The third kappa shape index (κ3) is 57.5. The maximum atomic E-state index is 12.9. The lowest BCUT2D eigenvalue weighted by molar-refractivity contribution is -0.870. The topological polar surface area (TPSA) is 108 Å². The average molecular weight is 1050 g/mol. The van der Waals surface area contributed by atoms with Gasteiger partial charge in [0.1, 0.15) is 13.2 Å². The van der Waals surface area contributed by atoms with Gasteiger partial charge in [0, 0.05) is 12.8 Å². The van der Waals surface area contributed by atoms with Gasteiger partial charge in [0.25, 0.3) is 6.29 Å². The van der Waals surface area contributed by atoms with Crippen molar-refractivity contribution >= 4 is 17.9 Å². The smallest absolute Gasteiger partial charge is 0.361 e. The molecule has 0 saturated carbocycles. The molecule has 0 saturated heterocycles. The Kier molecular flexibility index (Phi) is 53.1. The minimum Gasteiger partial charge on any atom is -0.477 e. The van der Waals surface area contributed by atoms with Crippen molar-refractivity contribution in [3.8, 4) is 0 Å². The zero-order chi connectivity index (χ0) is 54.8. The number of nitrogens with zero attached hydrogens (tertiary/aromatic N) is 1. The molecule has 0 aliphatic heterocycles. The van der Waals surface area contributed by atoms with Gasteiger partial charge in [-0.3, -0.25) is 9.59 Å². The Balaban J connectivity index is 4.12. The molecule has 0 aliphatic carbocycles. The Morgan fingerprint density at radius 3 is 1.07 bits per heavy atom. The number of hydrogen-bond donors (Lipinski definition) is 1. The van der Waals surface area contributed by atoms with Crippen molar-refractivity contribution in [2.75, 3.05) is 47.5 Å². The molecule has 0 aromatic heterocycles. The highest BCUT2D eigenvalue weighted by Gasteiger charge is 2.25. The number of quaternary nitrogens is 1. The molecule has 9 nitrogen and oxygen atoms in total. The number of aliphatic carboxylic acids is 1. The molecule has 0 fully saturated rings. The van der Waals surface area contributed by atoms with Gasteiger partial charge < -0.3 is 28.5 Å². The zero-order valence-corrected chi connectivity index (χ0v) is 48.7. The molecule has 0 radical (unpaired) electrons. The van der Waals surface area contributed by atoms with Crippen molar-refractivity contribution in [2.45, 2.75) is 245 Å². The second-order valence-corrected chi connectivity index (χ2v) is 20.9. The molecule has 0 bridgehead atoms. The van der Waals surface area contributed by atoms with Crippen LogP contribution in [0.15, 0.2) is 109 Å². The van der Waals surface area contributed by atoms with Gasteiger partial charge in [0.15, 0.2) is 6.10 Å². The maximum Gasteiger partial charge on any atom is 0.361 e. The quantitative estimate of drug-likeness (QED) is 0.0211. The first-order valence-electron chi connectivity index (χ1n) is 30.1. The highest BCUT2D eigenvalue weighted by molar-refractivity contribution is 5.71. The number of hydrogen-bond acceptors (Lipinski definition) is 7. The van der Waals surface area contributed by atoms with E-state index in [1.165, 1.54) is 89.9 Å². The number of carboxylic acid groups (broad SMARTS) is 1. The number of unbranched alkanes of at least 4 members (excludes halogenated alkanes) is 21. The summed E-state index contributed by atoms with van der Waals surface area (Å²) >= 11 is 0. The molecule has 0 aliphatic rings. The van der Waals surface area contributed by atoms with Crippen LogP contribution in [-0.4, -0.2) is 87.4 Å². The highest BCUT2D eigenvalue weighted by atomic mass is 16.7. The summed E-state index contributed by atoms with van der Waals surface area (Å²) in [5, 5.41) is 9.70. The van der Waals surface area contributed by atoms with Gasteiger partial charge in [0.05, 0.1) is 34.4 Å². The summed E-state index contributed by atoms with van der Waals surface area (Å²) in [4.78, 5) is 37.4. The van der Waals surface area contributed by atoms with Crippen molar-refractivity contribution < 1.29 is 42.9 Å². The van der Waals surface area contributed by atoms with Crippen LogP contribution in [0.1, 0.15) is 232 Å². The van der Waals surface area contributed by atoms with Gasteiger partial charge >= 0.3 is 17.9 Å². The lowest BCUT2D eigenvalue weighted by atomic mass is 10.0. The lowest BCUT2D eigenvalue weighted by Crippen LogP contribution is -2.40. The average Bonchev–Trinajstić information content (AvgIpc) is 3.38. The van der Waals surface area contributed by atoms with E-state index in [0.717, 1.165) is 109 Å².